The molecule has 0 aliphatic rings. The Kier molecular flexibility index (Phi) is 4.71. The molecule has 3 N–H and O–H groups in total. The van der Waals surface area contributed by atoms with Gasteiger partial charge in [-0.15, -0.1) is 0 Å². The number of carbonyl (C=O) groups is 2. The fraction of sp³-hybridized carbons (Fsp3) is 0.263. The van der Waals surface area contributed by atoms with Gasteiger partial charge in [0.1, 0.15) is 0 Å². The number of aromatic nitrogens is 2. The van der Waals surface area contributed by atoms with Crippen molar-refractivity contribution in [3.63, 3.8) is 0 Å². The SMILES string of the molecule is CO/C=C/C(=O)c1cc2cnc3c(N)cc(=NC(=O)CC(C)C)c([nH]1)c23. The van der Waals surface area contributed by atoms with Crippen LogP contribution >= 0.6 is 0 Å². The standard InChI is InChI=1S/C19H20N4O3/c1-10(2)6-16(25)22-14-8-12(20)18-17-11(9-21-18)7-13(23-19(14)17)15(24)4-5-26-3/h4-5,7-10,23H,6,20H2,1-3H3/b5-4+,22-14?. The highest BCUT2D eigenvalue weighted by atomic mass is 16.5. The Morgan fingerprint density at radius 3 is 2.85 bits per heavy atom. The van der Waals surface area contributed by atoms with Crippen LogP contribution in [0.2, 0.25) is 0 Å². The van der Waals surface area contributed by atoms with Crippen molar-refractivity contribution in [3.8, 4) is 0 Å². The highest BCUT2D eigenvalue weighted by Gasteiger charge is 2.15. The first-order valence-electron chi connectivity index (χ1n) is 8.25. The number of methoxy groups -OCH3 is 1. The summed E-state index contributed by atoms with van der Waals surface area (Å²) in [5, 5.41) is 1.92. The van der Waals surface area contributed by atoms with E-state index in [1.807, 2.05) is 13.8 Å². The number of anilines is 1. The fourth-order valence-electron chi connectivity index (χ4n) is 2.83. The number of hydrogen-bond donors (Lipinski definition) is 2. The number of rotatable bonds is 5. The summed E-state index contributed by atoms with van der Waals surface area (Å²) in [6.45, 7) is 3.91. The van der Waals surface area contributed by atoms with E-state index in [2.05, 4.69) is 15.0 Å². The third-order valence-electron chi connectivity index (χ3n) is 3.94. The number of nitrogens with zero attached hydrogens (tertiary/aromatic N) is 2. The number of hydrogen-bond acceptors (Lipinski definition) is 5. The van der Waals surface area contributed by atoms with Crippen LogP contribution < -0.4 is 11.1 Å². The van der Waals surface area contributed by atoms with Crippen LogP contribution in [0.4, 0.5) is 5.69 Å². The van der Waals surface area contributed by atoms with Gasteiger partial charge in [-0.2, -0.15) is 0 Å². The van der Waals surface area contributed by atoms with Gasteiger partial charge in [-0.3, -0.25) is 14.6 Å². The predicted octanol–water partition coefficient (Wildman–Crippen LogP) is 2.55. The smallest absolute Gasteiger partial charge is 0.246 e. The normalized spacial score (nSPS) is 12.7. The molecule has 0 saturated heterocycles. The number of ether oxygens (including phenoxy) is 1. The molecule has 1 amide bonds. The van der Waals surface area contributed by atoms with Gasteiger partial charge in [0.05, 0.1) is 41.1 Å². The summed E-state index contributed by atoms with van der Waals surface area (Å²) in [7, 11) is 1.46. The number of allylic oxidation sites excluding steroid dienone is 1. The lowest BCUT2D eigenvalue weighted by Crippen LogP contribution is -2.13. The molecular formula is C19H20N4O3. The number of carbonyl (C=O) groups excluding carboxylic acids is 2. The monoisotopic (exact) mass is 352 g/mol. The minimum Gasteiger partial charge on any atom is -0.504 e. The Morgan fingerprint density at radius 2 is 2.15 bits per heavy atom. The van der Waals surface area contributed by atoms with E-state index in [0.717, 1.165) is 10.8 Å². The summed E-state index contributed by atoms with van der Waals surface area (Å²) in [6.07, 6.45) is 4.61. The number of aromatic amines is 1. The Labute approximate surface area is 149 Å². The molecule has 0 bridgehead atoms. The first-order chi connectivity index (χ1) is 12.4. The molecule has 0 unspecified atom stereocenters. The van der Waals surface area contributed by atoms with Gasteiger partial charge in [-0.1, -0.05) is 13.8 Å². The summed E-state index contributed by atoms with van der Waals surface area (Å²) < 4.78 is 4.80. The fourth-order valence-corrected chi connectivity index (χ4v) is 2.83. The third kappa shape index (κ3) is 3.28. The first-order valence-corrected chi connectivity index (χ1v) is 8.25. The Balaban J connectivity index is 2.26. The zero-order valence-corrected chi connectivity index (χ0v) is 14.9. The number of amides is 1. The van der Waals surface area contributed by atoms with E-state index < -0.39 is 0 Å². The molecule has 0 fully saturated rings. The van der Waals surface area contributed by atoms with Crippen LogP contribution in [0.1, 0.15) is 30.8 Å². The lowest BCUT2D eigenvalue weighted by molar-refractivity contribution is -0.118. The van der Waals surface area contributed by atoms with E-state index >= 15 is 0 Å². The van der Waals surface area contributed by atoms with Gasteiger partial charge in [0.25, 0.3) is 0 Å². The maximum absolute atomic E-state index is 12.3. The second-order valence-corrected chi connectivity index (χ2v) is 6.49. The summed E-state index contributed by atoms with van der Waals surface area (Å²) >= 11 is 0. The number of nitrogen functional groups attached to an aromatic ring is 1. The Morgan fingerprint density at radius 1 is 1.38 bits per heavy atom. The van der Waals surface area contributed by atoms with Crippen molar-refractivity contribution < 1.29 is 14.3 Å². The summed E-state index contributed by atoms with van der Waals surface area (Å²) in [6, 6.07) is 3.31. The number of ketones is 1. The molecule has 26 heavy (non-hydrogen) atoms. The molecule has 3 rings (SSSR count). The van der Waals surface area contributed by atoms with Crippen LogP contribution in [0.3, 0.4) is 0 Å². The maximum Gasteiger partial charge on any atom is 0.246 e. The molecule has 7 heteroatoms. The number of benzene rings is 1. The molecule has 0 radical (unpaired) electrons. The van der Waals surface area contributed by atoms with E-state index in [-0.39, 0.29) is 17.6 Å². The molecule has 3 aromatic rings. The van der Waals surface area contributed by atoms with Gasteiger partial charge >= 0.3 is 0 Å². The van der Waals surface area contributed by atoms with E-state index in [9.17, 15) is 9.59 Å². The van der Waals surface area contributed by atoms with E-state index in [1.54, 1.807) is 18.3 Å². The molecular weight excluding hydrogens is 332 g/mol. The summed E-state index contributed by atoms with van der Waals surface area (Å²) in [5.41, 5.74) is 8.05. The molecule has 134 valence electrons. The number of nitrogens with two attached hydrogens (primary N) is 1. The van der Waals surface area contributed by atoms with Crippen molar-refractivity contribution in [3.05, 3.63) is 41.7 Å². The number of nitrogens with one attached hydrogen (secondary N) is 1. The molecule has 0 atom stereocenters. The zero-order valence-electron chi connectivity index (χ0n) is 14.9. The quantitative estimate of drug-likeness (QED) is 0.317. The van der Waals surface area contributed by atoms with E-state index in [4.69, 9.17) is 10.5 Å². The van der Waals surface area contributed by atoms with Crippen molar-refractivity contribution in [2.45, 2.75) is 20.3 Å². The van der Waals surface area contributed by atoms with Crippen LogP contribution in [-0.2, 0) is 9.53 Å². The molecule has 2 aromatic heterocycles. The van der Waals surface area contributed by atoms with Crippen LogP contribution in [-0.4, -0.2) is 28.8 Å². The minimum absolute atomic E-state index is 0.198. The van der Waals surface area contributed by atoms with Gasteiger partial charge in [-0.05, 0) is 18.1 Å². The van der Waals surface area contributed by atoms with Crippen molar-refractivity contribution in [1.29, 1.82) is 0 Å². The van der Waals surface area contributed by atoms with E-state index in [1.165, 1.54) is 19.4 Å². The van der Waals surface area contributed by atoms with Crippen LogP contribution in [0.25, 0.3) is 21.8 Å². The topological polar surface area (TPSA) is 110 Å². The second-order valence-electron chi connectivity index (χ2n) is 6.49. The Bertz CT molecular complexity index is 1080. The van der Waals surface area contributed by atoms with Crippen LogP contribution in [0.5, 0.6) is 0 Å². The molecule has 7 nitrogen and oxygen atoms in total. The third-order valence-corrected chi connectivity index (χ3v) is 3.94. The van der Waals surface area contributed by atoms with Gasteiger partial charge in [0.15, 0.2) is 0 Å². The number of H-pyrrole nitrogens is 1. The van der Waals surface area contributed by atoms with Crippen molar-refractivity contribution in [2.75, 3.05) is 12.8 Å². The largest absolute Gasteiger partial charge is 0.504 e. The maximum atomic E-state index is 12.3. The van der Waals surface area contributed by atoms with Crippen LogP contribution in [0, 0.1) is 5.92 Å². The highest BCUT2D eigenvalue weighted by Crippen LogP contribution is 2.27. The second kappa shape index (κ2) is 6.95. The molecule has 0 aliphatic heterocycles. The van der Waals surface area contributed by atoms with Gasteiger partial charge < -0.3 is 15.5 Å². The molecule has 0 spiro atoms. The zero-order chi connectivity index (χ0) is 18.8. The average molecular weight is 352 g/mol. The molecule has 2 heterocycles. The Hall–Kier alpha value is -3.22. The first kappa shape index (κ1) is 17.6. The highest BCUT2D eigenvalue weighted by molar-refractivity contribution is 6.15. The van der Waals surface area contributed by atoms with Crippen molar-refractivity contribution >= 4 is 39.2 Å². The summed E-state index contributed by atoms with van der Waals surface area (Å²) in [5.74, 6) is -0.299. The summed E-state index contributed by atoms with van der Waals surface area (Å²) in [4.78, 5) is 36.1. The number of pyridine rings is 1. The van der Waals surface area contributed by atoms with Crippen molar-refractivity contribution in [2.24, 2.45) is 10.9 Å². The lowest BCUT2D eigenvalue weighted by Gasteiger charge is -2.06. The lowest BCUT2D eigenvalue weighted by atomic mass is 10.1. The van der Waals surface area contributed by atoms with Gasteiger partial charge in [-0.25, -0.2) is 4.99 Å². The average Bonchev–Trinajstić information content (AvgIpc) is 3.01. The van der Waals surface area contributed by atoms with E-state index in [0.29, 0.717) is 34.2 Å². The van der Waals surface area contributed by atoms with Crippen molar-refractivity contribution in [1.82, 2.24) is 9.97 Å². The molecule has 0 saturated carbocycles. The predicted molar refractivity (Wildman–Crippen MR) is 99.7 cm³/mol. The molecule has 0 aliphatic carbocycles. The molecule has 1 aromatic carbocycles. The van der Waals surface area contributed by atoms with Gasteiger partial charge in [0, 0.05) is 29.5 Å². The van der Waals surface area contributed by atoms with Crippen LogP contribution in [0.15, 0.2) is 35.7 Å². The minimum atomic E-state index is -0.261. The van der Waals surface area contributed by atoms with Gasteiger partial charge in [0.2, 0.25) is 11.7 Å².